The number of carbonyl (C=O) groups excluding carboxylic acids is 1. The molecular formula is C14H10N2O. The highest BCUT2D eigenvalue weighted by Gasteiger charge is 2.05. The van der Waals surface area contributed by atoms with Crippen LogP contribution < -0.4 is 0 Å². The number of nitrogens with zero attached hydrogens (tertiary/aromatic N) is 2. The predicted octanol–water partition coefficient (Wildman–Crippen LogP) is 2.84. The van der Waals surface area contributed by atoms with Gasteiger partial charge in [-0.2, -0.15) is 0 Å². The van der Waals surface area contributed by atoms with Crippen LogP contribution in [0.15, 0.2) is 54.9 Å². The van der Waals surface area contributed by atoms with E-state index in [4.69, 9.17) is 0 Å². The van der Waals surface area contributed by atoms with Crippen LogP contribution in [-0.4, -0.2) is 15.8 Å². The highest BCUT2D eigenvalue weighted by atomic mass is 16.1. The first-order valence-corrected chi connectivity index (χ1v) is 5.37. The van der Waals surface area contributed by atoms with Crippen LogP contribution in [0.25, 0.3) is 16.7 Å². The maximum atomic E-state index is 11.1. The van der Waals surface area contributed by atoms with Crippen molar-refractivity contribution in [3.63, 3.8) is 0 Å². The van der Waals surface area contributed by atoms with Crippen molar-refractivity contribution >= 4 is 17.2 Å². The number of aromatic nitrogens is 2. The van der Waals surface area contributed by atoms with Crippen LogP contribution in [0.4, 0.5) is 0 Å². The van der Waals surface area contributed by atoms with Crippen LogP contribution in [0.2, 0.25) is 0 Å². The molecule has 0 radical (unpaired) electrons. The maximum absolute atomic E-state index is 11.1. The Kier molecular flexibility index (Phi) is 2.22. The van der Waals surface area contributed by atoms with Gasteiger partial charge in [0.2, 0.25) is 0 Å². The zero-order chi connectivity index (χ0) is 11.7. The SMILES string of the molecule is O=Cc1cc(-n2cccc2)nc2ccccc12. The van der Waals surface area contributed by atoms with Gasteiger partial charge in [0.1, 0.15) is 5.82 Å². The van der Waals surface area contributed by atoms with Crippen molar-refractivity contribution in [3.8, 4) is 5.82 Å². The minimum Gasteiger partial charge on any atom is -0.309 e. The van der Waals surface area contributed by atoms with Gasteiger partial charge < -0.3 is 4.57 Å². The van der Waals surface area contributed by atoms with E-state index in [1.54, 1.807) is 6.07 Å². The molecule has 2 heterocycles. The zero-order valence-electron chi connectivity index (χ0n) is 9.08. The highest BCUT2D eigenvalue weighted by molar-refractivity contribution is 5.96. The van der Waals surface area contributed by atoms with Crippen LogP contribution in [0, 0.1) is 0 Å². The number of pyridine rings is 1. The van der Waals surface area contributed by atoms with Crippen molar-refractivity contribution in [1.29, 1.82) is 0 Å². The monoisotopic (exact) mass is 222 g/mol. The number of carbonyl (C=O) groups is 1. The number of para-hydroxylation sites is 1. The summed E-state index contributed by atoms with van der Waals surface area (Å²) in [6, 6.07) is 13.3. The Morgan fingerprint density at radius 1 is 1.06 bits per heavy atom. The predicted molar refractivity (Wildman–Crippen MR) is 66.5 cm³/mol. The second-order valence-corrected chi connectivity index (χ2v) is 3.79. The fourth-order valence-corrected chi connectivity index (χ4v) is 1.90. The van der Waals surface area contributed by atoms with Gasteiger partial charge in [0.05, 0.1) is 5.52 Å². The van der Waals surface area contributed by atoms with Crippen LogP contribution in [0.5, 0.6) is 0 Å². The van der Waals surface area contributed by atoms with E-state index in [1.807, 2.05) is 53.4 Å². The quantitative estimate of drug-likeness (QED) is 0.625. The molecule has 3 nitrogen and oxygen atoms in total. The largest absolute Gasteiger partial charge is 0.309 e. The van der Waals surface area contributed by atoms with E-state index in [0.717, 1.165) is 23.0 Å². The molecule has 3 aromatic rings. The Labute approximate surface area is 98.3 Å². The fraction of sp³-hybridized carbons (Fsp3) is 0. The van der Waals surface area contributed by atoms with E-state index in [9.17, 15) is 4.79 Å². The van der Waals surface area contributed by atoms with Crippen molar-refractivity contribution in [2.75, 3.05) is 0 Å². The average Bonchev–Trinajstić information content (AvgIpc) is 2.91. The summed E-state index contributed by atoms with van der Waals surface area (Å²) < 4.78 is 1.89. The number of hydrogen-bond acceptors (Lipinski definition) is 2. The third-order valence-electron chi connectivity index (χ3n) is 2.73. The lowest BCUT2D eigenvalue weighted by Gasteiger charge is -2.06. The lowest BCUT2D eigenvalue weighted by atomic mass is 10.1. The molecule has 82 valence electrons. The number of fused-ring (bicyclic) bond motifs is 1. The fourth-order valence-electron chi connectivity index (χ4n) is 1.90. The number of hydrogen-bond donors (Lipinski definition) is 0. The van der Waals surface area contributed by atoms with Crippen LogP contribution >= 0.6 is 0 Å². The van der Waals surface area contributed by atoms with E-state index in [2.05, 4.69) is 4.98 Å². The molecule has 3 heteroatoms. The first-order valence-electron chi connectivity index (χ1n) is 5.37. The summed E-state index contributed by atoms with van der Waals surface area (Å²) in [6.07, 6.45) is 4.69. The van der Waals surface area contributed by atoms with Gasteiger partial charge in [0.25, 0.3) is 0 Å². The third kappa shape index (κ3) is 1.61. The minimum atomic E-state index is 0.666. The molecule has 0 saturated carbocycles. The molecule has 17 heavy (non-hydrogen) atoms. The number of aldehydes is 1. The molecule has 0 fully saturated rings. The number of benzene rings is 1. The van der Waals surface area contributed by atoms with E-state index < -0.39 is 0 Å². The molecule has 2 aromatic heterocycles. The van der Waals surface area contributed by atoms with Crippen molar-refractivity contribution in [2.45, 2.75) is 0 Å². The van der Waals surface area contributed by atoms with E-state index in [0.29, 0.717) is 5.56 Å². The maximum Gasteiger partial charge on any atom is 0.150 e. The Hall–Kier alpha value is -2.42. The summed E-state index contributed by atoms with van der Waals surface area (Å²) in [4.78, 5) is 15.6. The molecule has 0 N–H and O–H groups in total. The smallest absolute Gasteiger partial charge is 0.150 e. The Bertz CT molecular complexity index is 672. The molecule has 0 aliphatic carbocycles. The Balaban J connectivity index is 2.32. The van der Waals surface area contributed by atoms with Crippen molar-refractivity contribution in [3.05, 3.63) is 60.4 Å². The highest BCUT2D eigenvalue weighted by Crippen LogP contribution is 2.18. The lowest BCUT2D eigenvalue weighted by Crippen LogP contribution is -1.97. The van der Waals surface area contributed by atoms with Gasteiger partial charge >= 0.3 is 0 Å². The van der Waals surface area contributed by atoms with Gasteiger partial charge in [-0.25, -0.2) is 4.98 Å². The van der Waals surface area contributed by atoms with E-state index in [-0.39, 0.29) is 0 Å². The Morgan fingerprint density at radius 3 is 2.59 bits per heavy atom. The van der Waals surface area contributed by atoms with E-state index in [1.165, 1.54) is 0 Å². The standard InChI is InChI=1S/C14H10N2O/c17-10-11-9-14(16-7-3-4-8-16)15-13-6-2-1-5-12(11)13/h1-10H. The lowest BCUT2D eigenvalue weighted by molar-refractivity contribution is 0.112. The summed E-state index contributed by atoms with van der Waals surface area (Å²) in [5, 5.41) is 0.887. The van der Waals surface area contributed by atoms with Gasteiger partial charge in [-0.05, 0) is 24.3 Å². The molecule has 0 amide bonds. The van der Waals surface area contributed by atoms with Gasteiger partial charge in [-0.1, -0.05) is 18.2 Å². The summed E-state index contributed by atoms with van der Waals surface area (Å²) >= 11 is 0. The van der Waals surface area contributed by atoms with Crippen LogP contribution in [0.1, 0.15) is 10.4 Å². The van der Waals surface area contributed by atoms with Gasteiger partial charge in [-0.15, -0.1) is 0 Å². The molecular weight excluding hydrogens is 212 g/mol. The average molecular weight is 222 g/mol. The second-order valence-electron chi connectivity index (χ2n) is 3.79. The first kappa shape index (κ1) is 9.78. The molecule has 0 unspecified atom stereocenters. The summed E-state index contributed by atoms with van der Waals surface area (Å²) in [5.74, 6) is 0.760. The molecule has 0 atom stereocenters. The molecule has 1 aromatic carbocycles. The summed E-state index contributed by atoms with van der Waals surface area (Å²) in [5.41, 5.74) is 1.50. The van der Waals surface area contributed by atoms with Crippen molar-refractivity contribution < 1.29 is 4.79 Å². The van der Waals surface area contributed by atoms with Crippen LogP contribution in [0.3, 0.4) is 0 Å². The minimum absolute atomic E-state index is 0.666. The number of rotatable bonds is 2. The van der Waals surface area contributed by atoms with Crippen molar-refractivity contribution in [2.24, 2.45) is 0 Å². The van der Waals surface area contributed by atoms with Gasteiger partial charge in [-0.3, -0.25) is 4.79 Å². The second kappa shape index (κ2) is 3.87. The molecule has 3 rings (SSSR count). The normalized spacial score (nSPS) is 10.6. The molecule has 0 aliphatic heterocycles. The van der Waals surface area contributed by atoms with Crippen LogP contribution in [-0.2, 0) is 0 Å². The molecule has 0 spiro atoms. The summed E-state index contributed by atoms with van der Waals surface area (Å²) in [6.45, 7) is 0. The summed E-state index contributed by atoms with van der Waals surface area (Å²) in [7, 11) is 0. The van der Waals surface area contributed by atoms with Gasteiger partial charge in [0, 0.05) is 23.3 Å². The topological polar surface area (TPSA) is 34.9 Å². The van der Waals surface area contributed by atoms with E-state index >= 15 is 0 Å². The molecule has 0 bridgehead atoms. The first-order chi connectivity index (χ1) is 8.38. The Morgan fingerprint density at radius 2 is 1.82 bits per heavy atom. The third-order valence-corrected chi connectivity index (χ3v) is 2.73. The molecule has 0 aliphatic rings. The van der Waals surface area contributed by atoms with Crippen molar-refractivity contribution in [1.82, 2.24) is 9.55 Å². The van der Waals surface area contributed by atoms with Gasteiger partial charge in [0.15, 0.2) is 6.29 Å². The zero-order valence-corrected chi connectivity index (χ0v) is 9.08. The molecule has 0 saturated heterocycles.